The van der Waals surface area contributed by atoms with Gasteiger partial charge in [-0.2, -0.15) is 0 Å². The fourth-order valence-electron chi connectivity index (χ4n) is 4.65. The number of aliphatic carboxylic acids is 1. The zero-order chi connectivity index (χ0) is 30.4. The van der Waals surface area contributed by atoms with Crippen LogP contribution in [0.4, 0.5) is 21.5 Å². The van der Waals surface area contributed by atoms with Crippen molar-refractivity contribution in [1.29, 1.82) is 0 Å². The number of hydrogen-bond acceptors (Lipinski definition) is 6. The highest BCUT2D eigenvalue weighted by molar-refractivity contribution is 6.37. The lowest BCUT2D eigenvalue weighted by Gasteiger charge is -2.23. The standard InChI is InChI=1S/C32H36FN5O4/c1-36(2)16-17-37(3)20-28(39)38(4)25-12-10-24(11-13-25)34-31(22-7-5-6-21(18-22)8-15-29(40)41)30-26-14-9-23(33)19-27(26)35-32(30)42/h5-7,9-14,18-19,34H,8,15-17,20H2,1-4H3,(H,35,42)(H,40,41). The number of benzene rings is 3. The summed E-state index contributed by atoms with van der Waals surface area (Å²) in [6.07, 6.45) is 0.309. The average Bonchev–Trinajstić information content (AvgIpc) is 3.28. The number of amides is 2. The van der Waals surface area contributed by atoms with Crippen LogP contribution in [0.3, 0.4) is 0 Å². The number of carboxylic acid groups (broad SMARTS) is 1. The van der Waals surface area contributed by atoms with Gasteiger partial charge in [-0.15, -0.1) is 0 Å². The topological polar surface area (TPSA) is 105 Å². The fraction of sp³-hybridized carbons (Fsp3) is 0.281. The Morgan fingerprint density at radius 3 is 2.38 bits per heavy atom. The summed E-state index contributed by atoms with van der Waals surface area (Å²) in [5.41, 5.74) is 4.64. The molecular formula is C32H36FN5O4. The number of nitrogens with one attached hydrogen (secondary N) is 2. The third-order valence-corrected chi connectivity index (χ3v) is 7.05. The third-order valence-electron chi connectivity index (χ3n) is 7.05. The summed E-state index contributed by atoms with van der Waals surface area (Å²) >= 11 is 0. The second-order valence-electron chi connectivity index (χ2n) is 10.7. The minimum atomic E-state index is -0.896. The van der Waals surface area contributed by atoms with Crippen molar-refractivity contribution in [3.05, 3.63) is 89.2 Å². The molecule has 1 aliphatic rings. The number of nitrogens with zero attached hydrogens (tertiary/aromatic N) is 3. The summed E-state index contributed by atoms with van der Waals surface area (Å²) in [6.45, 7) is 1.91. The van der Waals surface area contributed by atoms with Crippen LogP contribution in [0.15, 0.2) is 66.7 Å². The van der Waals surface area contributed by atoms with E-state index in [0.717, 1.165) is 24.3 Å². The van der Waals surface area contributed by atoms with Crippen molar-refractivity contribution < 1.29 is 23.9 Å². The van der Waals surface area contributed by atoms with Gasteiger partial charge in [0.05, 0.1) is 23.5 Å². The van der Waals surface area contributed by atoms with E-state index in [1.165, 1.54) is 12.1 Å². The summed E-state index contributed by atoms with van der Waals surface area (Å²) in [7, 11) is 7.64. The largest absolute Gasteiger partial charge is 0.481 e. The molecule has 4 rings (SSSR count). The lowest BCUT2D eigenvalue weighted by molar-refractivity contribution is -0.137. The molecule has 0 atom stereocenters. The first-order valence-electron chi connectivity index (χ1n) is 13.7. The molecule has 1 heterocycles. The number of anilines is 3. The molecule has 0 aliphatic carbocycles. The van der Waals surface area contributed by atoms with E-state index in [0.29, 0.717) is 40.2 Å². The van der Waals surface area contributed by atoms with E-state index in [2.05, 4.69) is 15.5 Å². The summed E-state index contributed by atoms with van der Waals surface area (Å²) in [5.74, 6) is -1.77. The van der Waals surface area contributed by atoms with Gasteiger partial charge >= 0.3 is 5.97 Å². The Kier molecular flexibility index (Phi) is 9.72. The van der Waals surface area contributed by atoms with Crippen molar-refractivity contribution >= 4 is 46.1 Å². The van der Waals surface area contributed by atoms with Crippen molar-refractivity contribution in [3.63, 3.8) is 0 Å². The molecule has 3 N–H and O–H groups in total. The van der Waals surface area contributed by atoms with Gasteiger partial charge in [-0.3, -0.25) is 19.3 Å². The van der Waals surface area contributed by atoms with Gasteiger partial charge < -0.3 is 25.5 Å². The van der Waals surface area contributed by atoms with E-state index in [1.807, 2.05) is 74.6 Å². The lowest BCUT2D eigenvalue weighted by atomic mass is 9.97. The minimum Gasteiger partial charge on any atom is -0.481 e. The Morgan fingerprint density at radius 2 is 1.69 bits per heavy atom. The number of likely N-dealkylation sites (N-methyl/N-ethyl adjacent to an activating group) is 3. The molecule has 42 heavy (non-hydrogen) atoms. The van der Waals surface area contributed by atoms with E-state index in [9.17, 15) is 18.8 Å². The Morgan fingerprint density at radius 1 is 0.952 bits per heavy atom. The van der Waals surface area contributed by atoms with Gasteiger partial charge in [0.2, 0.25) is 5.91 Å². The van der Waals surface area contributed by atoms with Crippen LogP contribution in [0, 0.1) is 5.82 Å². The smallest absolute Gasteiger partial charge is 0.303 e. The molecule has 220 valence electrons. The van der Waals surface area contributed by atoms with Gasteiger partial charge in [0.25, 0.3) is 5.91 Å². The molecule has 2 amide bonds. The molecule has 0 unspecified atom stereocenters. The number of halogens is 1. The van der Waals surface area contributed by atoms with Crippen LogP contribution in [0.5, 0.6) is 0 Å². The summed E-state index contributed by atoms with van der Waals surface area (Å²) < 4.78 is 13.9. The SMILES string of the molecule is CN(C)CCN(C)CC(=O)N(C)c1ccc(NC(=C2C(=O)Nc3cc(F)ccc32)c2cccc(CCC(=O)O)c2)cc1. The summed E-state index contributed by atoms with van der Waals surface area (Å²) in [5, 5.41) is 15.2. The van der Waals surface area contributed by atoms with Gasteiger partial charge in [0, 0.05) is 43.5 Å². The maximum Gasteiger partial charge on any atom is 0.303 e. The maximum absolute atomic E-state index is 13.9. The van der Waals surface area contributed by atoms with Gasteiger partial charge in [-0.05, 0) is 87.2 Å². The van der Waals surface area contributed by atoms with Gasteiger partial charge in [0.1, 0.15) is 5.82 Å². The number of carbonyl (C=O) groups excluding carboxylic acids is 2. The first kappa shape index (κ1) is 30.4. The molecule has 0 saturated carbocycles. The molecule has 0 saturated heterocycles. The van der Waals surface area contributed by atoms with Crippen molar-refractivity contribution in [2.24, 2.45) is 0 Å². The Hall–Kier alpha value is -4.54. The van der Waals surface area contributed by atoms with Crippen LogP contribution in [0.1, 0.15) is 23.1 Å². The maximum atomic E-state index is 13.9. The first-order chi connectivity index (χ1) is 20.0. The van der Waals surface area contributed by atoms with Crippen LogP contribution >= 0.6 is 0 Å². The predicted molar refractivity (Wildman–Crippen MR) is 164 cm³/mol. The zero-order valence-electron chi connectivity index (χ0n) is 24.3. The van der Waals surface area contributed by atoms with Crippen molar-refractivity contribution in [2.45, 2.75) is 12.8 Å². The second kappa shape index (κ2) is 13.4. The van der Waals surface area contributed by atoms with Gasteiger partial charge in [-0.25, -0.2) is 4.39 Å². The highest BCUT2D eigenvalue weighted by Gasteiger charge is 2.29. The monoisotopic (exact) mass is 573 g/mol. The highest BCUT2D eigenvalue weighted by atomic mass is 19.1. The molecule has 10 heteroatoms. The molecule has 0 radical (unpaired) electrons. The van der Waals surface area contributed by atoms with Gasteiger partial charge in [-0.1, -0.05) is 18.2 Å². The van der Waals surface area contributed by atoms with Crippen LogP contribution in [-0.2, 0) is 20.8 Å². The second-order valence-corrected chi connectivity index (χ2v) is 10.7. The number of aryl methyl sites for hydroxylation is 1. The number of carboxylic acids is 1. The van der Waals surface area contributed by atoms with Crippen molar-refractivity contribution in [2.75, 3.05) is 63.4 Å². The minimum absolute atomic E-state index is 0.0233. The van der Waals surface area contributed by atoms with E-state index in [1.54, 1.807) is 18.0 Å². The van der Waals surface area contributed by atoms with E-state index >= 15 is 0 Å². The average molecular weight is 574 g/mol. The molecule has 0 bridgehead atoms. The number of hydrogen-bond donors (Lipinski definition) is 3. The number of carbonyl (C=O) groups is 3. The third kappa shape index (κ3) is 7.59. The first-order valence-corrected chi connectivity index (χ1v) is 13.7. The summed E-state index contributed by atoms with van der Waals surface area (Å²) in [4.78, 5) is 42.8. The molecule has 0 spiro atoms. The normalized spacial score (nSPS) is 13.6. The van der Waals surface area contributed by atoms with Crippen molar-refractivity contribution in [3.8, 4) is 0 Å². The molecule has 9 nitrogen and oxygen atoms in total. The fourth-order valence-corrected chi connectivity index (χ4v) is 4.65. The highest BCUT2D eigenvalue weighted by Crippen LogP contribution is 2.38. The van der Waals surface area contributed by atoms with Crippen LogP contribution in [0.25, 0.3) is 11.3 Å². The predicted octanol–water partition coefficient (Wildman–Crippen LogP) is 4.23. The van der Waals surface area contributed by atoms with E-state index in [-0.39, 0.29) is 24.8 Å². The molecule has 0 aromatic heterocycles. The Labute approximate surface area is 245 Å². The molecular weight excluding hydrogens is 537 g/mol. The Bertz CT molecular complexity index is 1500. The van der Waals surface area contributed by atoms with Gasteiger partial charge in [0.15, 0.2) is 0 Å². The lowest BCUT2D eigenvalue weighted by Crippen LogP contribution is -2.39. The van der Waals surface area contributed by atoms with Crippen molar-refractivity contribution in [1.82, 2.24) is 9.80 Å². The summed E-state index contributed by atoms with van der Waals surface area (Å²) in [6, 6.07) is 18.8. The molecule has 3 aromatic carbocycles. The van der Waals surface area contributed by atoms with E-state index < -0.39 is 11.8 Å². The Balaban J connectivity index is 1.63. The van der Waals surface area contributed by atoms with Crippen LogP contribution in [0.2, 0.25) is 0 Å². The van der Waals surface area contributed by atoms with E-state index in [4.69, 9.17) is 5.11 Å². The number of fused-ring (bicyclic) bond motifs is 1. The molecule has 0 fully saturated rings. The zero-order valence-corrected chi connectivity index (χ0v) is 24.3. The quantitative estimate of drug-likeness (QED) is 0.279. The molecule has 1 aliphatic heterocycles. The number of rotatable bonds is 12. The molecule has 3 aromatic rings. The van der Waals surface area contributed by atoms with Crippen LogP contribution in [-0.4, -0.2) is 80.5 Å². The van der Waals surface area contributed by atoms with Crippen LogP contribution < -0.4 is 15.5 Å².